The third kappa shape index (κ3) is 3.59. The fourth-order valence-electron chi connectivity index (χ4n) is 3.53. The number of nitrogens with zero attached hydrogens (tertiary/aromatic N) is 1. The molecule has 146 valence electrons. The highest BCUT2D eigenvalue weighted by molar-refractivity contribution is 6.33. The number of methoxy groups -OCH3 is 2. The molecule has 0 unspecified atom stereocenters. The molecule has 0 saturated heterocycles. The number of fused-ring (bicyclic) bond motifs is 1. The Labute approximate surface area is 173 Å². The van der Waals surface area contributed by atoms with Gasteiger partial charge in [0.1, 0.15) is 0 Å². The van der Waals surface area contributed by atoms with Crippen molar-refractivity contribution in [2.45, 2.75) is 6.54 Å². The molecule has 0 aliphatic carbocycles. The van der Waals surface area contributed by atoms with E-state index in [1.165, 1.54) is 0 Å². The van der Waals surface area contributed by atoms with Gasteiger partial charge >= 0.3 is 0 Å². The first-order valence-corrected chi connectivity index (χ1v) is 9.58. The number of aromatic nitrogens is 1. The lowest BCUT2D eigenvalue weighted by atomic mass is 10.1. The summed E-state index contributed by atoms with van der Waals surface area (Å²) in [7, 11) is 3.14. The number of hydrogen-bond acceptors (Lipinski definition) is 3. The minimum absolute atomic E-state index is 0.0971. The quantitative estimate of drug-likeness (QED) is 0.447. The van der Waals surface area contributed by atoms with Crippen LogP contribution >= 0.6 is 11.6 Å². The largest absolute Gasteiger partial charge is 0.493 e. The van der Waals surface area contributed by atoms with Crippen molar-refractivity contribution >= 4 is 22.5 Å². The molecule has 1 aromatic heterocycles. The van der Waals surface area contributed by atoms with Gasteiger partial charge in [0.15, 0.2) is 16.9 Å². The number of hydrogen-bond donors (Lipinski definition) is 0. The average molecular weight is 406 g/mol. The lowest BCUT2D eigenvalue weighted by molar-refractivity contribution is 0.355. The van der Waals surface area contributed by atoms with Crippen LogP contribution in [0.4, 0.5) is 0 Å². The van der Waals surface area contributed by atoms with Crippen molar-refractivity contribution in [2.75, 3.05) is 14.2 Å². The van der Waals surface area contributed by atoms with Crippen LogP contribution < -0.4 is 14.9 Å². The van der Waals surface area contributed by atoms with Crippen LogP contribution in [-0.2, 0) is 6.54 Å². The molecule has 1 heterocycles. The van der Waals surface area contributed by atoms with Gasteiger partial charge in [-0.1, -0.05) is 60.1 Å². The topological polar surface area (TPSA) is 40.5 Å². The maximum Gasteiger partial charge on any atom is 0.190 e. The van der Waals surface area contributed by atoms with E-state index in [1.54, 1.807) is 26.4 Å². The van der Waals surface area contributed by atoms with Crippen LogP contribution in [-0.4, -0.2) is 18.8 Å². The number of rotatable bonds is 5. The van der Waals surface area contributed by atoms with Gasteiger partial charge in [0.2, 0.25) is 0 Å². The van der Waals surface area contributed by atoms with E-state index in [4.69, 9.17) is 21.1 Å². The molecule has 0 fully saturated rings. The standard InChI is InChI=1S/C24H20ClNO3/c1-28-23-12-18-21(14-24(23)29-2)26(15-16-8-4-3-5-9-16)20(13-22(18)27)17-10-6-7-11-19(17)25/h3-14H,15H2,1-2H3. The zero-order chi connectivity index (χ0) is 20.4. The van der Waals surface area contributed by atoms with E-state index >= 15 is 0 Å². The van der Waals surface area contributed by atoms with Crippen molar-refractivity contribution in [1.82, 2.24) is 4.57 Å². The van der Waals surface area contributed by atoms with E-state index in [2.05, 4.69) is 16.7 Å². The molecule has 4 aromatic rings. The van der Waals surface area contributed by atoms with Crippen molar-refractivity contribution in [3.63, 3.8) is 0 Å². The van der Waals surface area contributed by atoms with Crippen LogP contribution in [0.1, 0.15) is 5.56 Å². The Kier molecular flexibility index (Phi) is 5.28. The minimum atomic E-state index is -0.0971. The number of benzene rings is 3. The highest BCUT2D eigenvalue weighted by Crippen LogP contribution is 2.34. The van der Waals surface area contributed by atoms with Gasteiger partial charge in [0.05, 0.1) is 25.4 Å². The SMILES string of the molecule is COc1cc2c(=O)cc(-c3ccccc3Cl)n(Cc3ccccc3)c2cc1OC. The molecule has 0 N–H and O–H groups in total. The van der Waals surface area contributed by atoms with Gasteiger partial charge in [-0.15, -0.1) is 0 Å². The van der Waals surface area contributed by atoms with Crippen LogP contribution in [0.15, 0.2) is 77.6 Å². The summed E-state index contributed by atoms with van der Waals surface area (Å²) in [5, 5.41) is 1.16. The van der Waals surface area contributed by atoms with Gasteiger partial charge in [0.25, 0.3) is 0 Å². The first-order valence-electron chi connectivity index (χ1n) is 9.20. The molecule has 0 radical (unpaired) electrons. The molecule has 0 spiro atoms. The van der Waals surface area contributed by atoms with Gasteiger partial charge < -0.3 is 14.0 Å². The van der Waals surface area contributed by atoms with Gasteiger partial charge in [-0.25, -0.2) is 0 Å². The summed E-state index contributed by atoms with van der Waals surface area (Å²) in [6.07, 6.45) is 0. The van der Waals surface area contributed by atoms with Crippen LogP contribution in [0.25, 0.3) is 22.2 Å². The Hall–Kier alpha value is -3.24. The van der Waals surface area contributed by atoms with Gasteiger partial charge in [-0.3, -0.25) is 4.79 Å². The normalized spacial score (nSPS) is 10.9. The fourth-order valence-corrected chi connectivity index (χ4v) is 3.76. The lowest BCUT2D eigenvalue weighted by Gasteiger charge is -2.19. The van der Waals surface area contributed by atoms with Crippen molar-refractivity contribution in [2.24, 2.45) is 0 Å². The molecule has 4 rings (SSSR count). The second-order valence-electron chi connectivity index (χ2n) is 6.67. The summed E-state index contributed by atoms with van der Waals surface area (Å²) in [6, 6.07) is 22.8. The van der Waals surface area contributed by atoms with E-state index in [-0.39, 0.29) is 5.43 Å². The zero-order valence-corrected chi connectivity index (χ0v) is 16.9. The van der Waals surface area contributed by atoms with Crippen molar-refractivity contribution < 1.29 is 9.47 Å². The van der Waals surface area contributed by atoms with Crippen LogP contribution in [0.5, 0.6) is 11.5 Å². The van der Waals surface area contributed by atoms with Crippen molar-refractivity contribution in [3.8, 4) is 22.8 Å². The van der Waals surface area contributed by atoms with Gasteiger partial charge in [-0.05, 0) is 17.7 Å². The Bertz CT molecular complexity index is 1230. The number of pyridine rings is 1. The third-order valence-corrected chi connectivity index (χ3v) is 5.28. The number of ether oxygens (including phenoxy) is 2. The second kappa shape index (κ2) is 8.02. The van der Waals surface area contributed by atoms with Crippen LogP contribution in [0.3, 0.4) is 0 Å². The predicted molar refractivity (Wildman–Crippen MR) is 117 cm³/mol. The summed E-state index contributed by atoms with van der Waals surface area (Å²) in [6.45, 7) is 0.577. The van der Waals surface area contributed by atoms with Crippen molar-refractivity contribution in [1.29, 1.82) is 0 Å². The summed E-state index contributed by atoms with van der Waals surface area (Å²) in [4.78, 5) is 13.0. The molecule has 29 heavy (non-hydrogen) atoms. The monoisotopic (exact) mass is 405 g/mol. The molecule has 0 aliphatic rings. The third-order valence-electron chi connectivity index (χ3n) is 4.95. The van der Waals surface area contributed by atoms with Crippen molar-refractivity contribution in [3.05, 3.63) is 93.6 Å². The highest BCUT2D eigenvalue weighted by atomic mass is 35.5. The summed E-state index contributed by atoms with van der Waals surface area (Å²) >= 11 is 6.48. The second-order valence-corrected chi connectivity index (χ2v) is 7.08. The molecule has 3 aromatic carbocycles. The number of halogens is 1. The first-order chi connectivity index (χ1) is 14.1. The molecule has 4 nitrogen and oxygen atoms in total. The predicted octanol–water partition coefficient (Wildman–Crippen LogP) is 5.39. The summed E-state index contributed by atoms with van der Waals surface area (Å²) in [5.41, 5.74) is 3.33. The fraction of sp³-hybridized carbons (Fsp3) is 0.125. The molecule has 0 saturated carbocycles. The van der Waals surface area contributed by atoms with E-state index in [0.717, 1.165) is 22.3 Å². The molecular formula is C24H20ClNO3. The zero-order valence-electron chi connectivity index (χ0n) is 16.2. The first kappa shape index (κ1) is 19.1. The Balaban J connectivity index is 2.07. The molecule has 0 aliphatic heterocycles. The van der Waals surface area contributed by atoms with E-state index < -0.39 is 0 Å². The minimum Gasteiger partial charge on any atom is -0.493 e. The van der Waals surface area contributed by atoms with E-state index in [1.807, 2.05) is 48.5 Å². The summed E-state index contributed by atoms with van der Waals surface area (Å²) in [5.74, 6) is 1.09. The van der Waals surface area contributed by atoms with Gasteiger partial charge in [0, 0.05) is 34.6 Å². The molecular weight excluding hydrogens is 386 g/mol. The lowest BCUT2D eigenvalue weighted by Crippen LogP contribution is -2.13. The van der Waals surface area contributed by atoms with Gasteiger partial charge in [-0.2, -0.15) is 0 Å². The Morgan fingerprint density at radius 3 is 2.21 bits per heavy atom. The molecule has 5 heteroatoms. The maximum absolute atomic E-state index is 13.0. The molecule has 0 amide bonds. The smallest absolute Gasteiger partial charge is 0.190 e. The average Bonchev–Trinajstić information content (AvgIpc) is 2.76. The Morgan fingerprint density at radius 1 is 0.862 bits per heavy atom. The Morgan fingerprint density at radius 2 is 1.52 bits per heavy atom. The molecule has 0 bridgehead atoms. The van der Waals surface area contributed by atoms with Crippen LogP contribution in [0, 0.1) is 0 Å². The van der Waals surface area contributed by atoms with E-state index in [9.17, 15) is 4.79 Å². The molecule has 0 atom stereocenters. The highest BCUT2D eigenvalue weighted by Gasteiger charge is 2.16. The van der Waals surface area contributed by atoms with E-state index in [0.29, 0.717) is 28.5 Å². The van der Waals surface area contributed by atoms with Crippen LogP contribution in [0.2, 0.25) is 5.02 Å². The summed E-state index contributed by atoms with van der Waals surface area (Å²) < 4.78 is 13.0. The maximum atomic E-state index is 13.0.